The molecule has 0 unspecified atom stereocenters. The van der Waals surface area contributed by atoms with Crippen LogP contribution < -0.4 is 0 Å². The Bertz CT molecular complexity index is 1370. The molecule has 1 aliphatic rings. The van der Waals surface area contributed by atoms with Crippen molar-refractivity contribution in [1.29, 1.82) is 0 Å². The van der Waals surface area contributed by atoms with E-state index >= 15 is 0 Å². The maximum atomic E-state index is 12.1. The Hall–Kier alpha value is -1.96. The van der Waals surface area contributed by atoms with Crippen molar-refractivity contribution in [2.24, 2.45) is 0 Å². The molecule has 1 aromatic carbocycles. The van der Waals surface area contributed by atoms with Gasteiger partial charge >= 0.3 is 7.60 Å². The first kappa shape index (κ1) is 26.1. The molecule has 2 aromatic heterocycles. The molecule has 1 fully saturated rings. The van der Waals surface area contributed by atoms with Gasteiger partial charge in [0.1, 0.15) is 23.8 Å². The zero-order valence-electron chi connectivity index (χ0n) is 18.4. The Morgan fingerprint density at radius 2 is 1.86 bits per heavy atom. The van der Waals surface area contributed by atoms with Gasteiger partial charge in [-0.15, -0.1) is 0 Å². The second kappa shape index (κ2) is 9.83. The maximum absolute atomic E-state index is 12.1. The normalized spacial score (nSPS) is 24.2. The van der Waals surface area contributed by atoms with Crippen molar-refractivity contribution in [3.8, 4) is 0 Å². The molecule has 15 heteroatoms. The van der Waals surface area contributed by atoms with E-state index in [9.17, 15) is 23.2 Å². The monoisotopic (exact) mass is 546 g/mol. The van der Waals surface area contributed by atoms with Crippen LogP contribution >= 0.6 is 19.2 Å². The van der Waals surface area contributed by atoms with Gasteiger partial charge in [-0.05, 0) is 29.5 Å². The maximum Gasteiger partial charge on any atom is 0.340 e. The molecule has 0 aliphatic carbocycles. The summed E-state index contributed by atoms with van der Waals surface area (Å²) in [7, 11) is -9.15. The average Bonchev–Trinajstić information content (AvgIpc) is 3.28. The number of hydrogen-bond acceptors (Lipinski definition) is 9. The van der Waals surface area contributed by atoms with Gasteiger partial charge in [-0.3, -0.25) is 9.13 Å². The molecular weight excluding hydrogens is 523 g/mol. The number of fused-ring (bicyclic) bond motifs is 1. The molecule has 0 saturated carbocycles. The molecule has 0 amide bonds. The van der Waals surface area contributed by atoms with Crippen molar-refractivity contribution in [3.63, 3.8) is 0 Å². The molecule has 4 rings (SSSR count). The lowest BCUT2D eigenvalue weighted by Gasteiger charge is -2.17. The zero-order chi connectivity index (χ0) is 25.5. The third-order valence-corrected chi connectivity index (χ3v) is 9.65. The topological polar surface area (TPSA) is 185 Å². The van der Waals surface area contributed by atoms with Gasteiger partial charge in [0.15, 0.2) is 27.2 Å². The van der Waals surface area contributed by atoms with E-state index in [1.54, 1.807) is 0 Å². The smallest absolute Gasteiger partial charge is 0.340 e. The van der Waals surface area contributed by atoms with Gasteiger partial charge in [0.2, 0.25) is 5.28 Å². The highest BCUT2D eigenvalue weighted by molar-refractivity contribution is 7.97. The number of imidazole rings is 1. The molecular formula is C20H24ClN4O8PS. The molecule has 3 aromatic rings. The van der Waals surface area contributed by atoms with E-state index in [4.69, 9.17) is 26.1 Å². The van der Waals surface area contributed by atoms with Gasteiger partial charge in [0, 0.05) is 0 Å². The van der Waals surface area contributed by atoms with Crippen LogP contribution in [0.15, 0.2) is 36.7 Å². The number of aromatic nitrogens is 4. The first-order valence-electron chi connectivity index (χ1n) is 10.5. The van der Waals surface area contributed by atoms with Crippen molar-refractivity contribution in [2.45, 2.75) is 43.8 Å². The number of aliphatic hydroxyl groups is 2. The molecule has 0 spiro atoms. The number of aliphatic hydroxyl groups excluding tert-OH is 2. The highest BCUT2D eigenvalue weighted by atomic mass is 35.5. The fourth-order valence-electron chi connectivity index (χ4n) is 4.12. The Kier molecular flexibility index (Phi) is 7.33. The van der Waals surface area contributed by atoms with E-state index < -0.39 is 53.2 Å². The molecule has 3 heterocycles. The lowest BCUT2D eigenvalue weighted by atomic mass is 9.96. The second-order valence-corrected chi connectivity index (χ2v) is 13.1. The molecule has 190 valence electrons. The first-order chi connectivity index (χ1) is 16.3. The number of sulfone groups is 1. The molecule has 35 heavy (non-hydrogen) atoms. The zero-order valence-corrected chi connectivity index (χ0v) is 20.9. The fourth-order valence-corrected chi connectivity index (χ4v) is 7.55. The van der Waals surface area contributed by atoms with E-state index in [1.165, 1.54) is 10.9 Å². The Morgan fingerprint density at radius 1 is 1.17 bits per heavy atom. The second-order valence-electron chi connectivity index (χ2n) is 8.53. The molecule has 1 aliphatic heterocycles. The largest absolute Gasteiger partial charge is 0.387 e. The van der Waals surface area contributed by atoms with Crippen LogP contribution in [0.2, 0.25) is 5.28 Å². The van der Waals surface area contributed by atoms with E-state index in [0.717, 1.165) is 5.56 Å². The number of rotatable bonds is 8. The van der Waals surface area contributed by atoms with E-state index in [-0.39, 0.29) is 16.8 Å². The van der Waals surface area contributed by atoms with Crippen molar-refractivity contribution in [2.75, 3.05) is 11.2 Å². The van der Waals surface area contributed by atoms with Crippen LogP contribution in [0.1, 0.15) is 30.3 Å². The van der Waals surface area contributed by atoms with Gasteiger partial charge in [-0.2, -0.15) is 4.98 Å². The first-order valence-corrected chi connectivity index (χ1v) is 14.5. The standard InChI is InChI=1S/C20H24ClN4O8PS/c1-11(12-5-3-2-4-6-12)7-13-15-18(24-20(21)23-13)25(9-22-15)19-17(27)16(26)14(33-19)8-35(31,32)10-34(28,29)30/h2-6,9,11,14,16-17,19,26-27H,7-8,10H2,1H3,(H2,28,29,30)/t11-,14-,16-,17-,19-/m1/s1. The summed E-state index contributed by atoms with van der Waals surface area (Å²) in [6.07, 6.45) is -4.10. The third kappa shape index (κ3) is 5.89. The van der Waals surface area contributed by atoms with Crippen molar-refractivity contribution in [1.82, 2.24) is 19.5 Å². The number of ether oxygens (including phenoxy) is 1. The quantitative estimate of drug-likeness (QED) is 0.233. The minimum absolute atomic E-state index is 0.0664. The van der Waals surface area contributed by atoms with Crippen LogP contribution in [0, 0.1) is 0 Å². The minimum atomic E-state index is -4.85. The summed E-state index contributed by atoms with van der Waals surface area (Å²) in [5, 5.41) is 20.9. The predicted molar refractivity (Wildman–Crippen MR) is 126 cm³/mol. The van der Waals surface area contributed by atoms with Crippen LogP contribution in [0.3, 0.4) is 0 Å². The number of nitrogens with zero attached hydrogens (tertiary/aromatic N) is 4. The number of halogens is 1. The fraction of sp³-hybridized carbons (Fsp3) is 0.450. The van der Waals surface area contributed by atoms with Crippen molar-refractivity contribution < 1.29 is 37.7 Å². The van der Waals surface area contributed by atoms with Crippen LogP contribution in [-0.2, 0) is 25.6 Å². The van der Waals surface area contributed by atoms with Gasteiger partial charge < -0.3 is 24.7 Å². The van der Waals surface area contributed by atoms with E-state index in [1.807, 2.05) is 37.3 Å². The van der Waals surface area contributed by atoms with Crippen molar-refractivity contribution in [3.05, 3.63) is 53.2 Å². The Morgan fingerprint density at radius 3 is 2.51 bits per heavy atom. The van der Waals surface area contributed by atoms with Gasteiger partial charge in [0.25, 0.3) is 0 Å². The molecule has 4 N–H and O–H groups in total. The molecule has 12 nitrogen and oxygen atoms in total. The van der Waals surface area contributed by atoms with Crippen LogP contribution in [0.5, 0.6) is 0 Å². The summed E-state index contributed by atoms with van der Waals surface area (Å²) >= 11 is 6.16. The number of benzene rings is 1. The summed E-state index contributed by atoms with van der Waals surface area (Å²) < 4.78 is 42.3. The molecule has 1 saturated heterocycles. The van der Waals surface area contributed by atoms with Gasteiger partial charge in [0.05, 0.1) is 17.8 Å². The predicted octanol–water partition coefficient (Wildman–Crippen LogP) is 0.995. The van der Waals surface area contributed by atoms with Crippen LogP contribution in [0.4, 0.5) is 0 Å². The summed E-state index contributed by atoms with van der Waals surface area (Å²) in [6, 6.07) is 9.78. The SMILES string of the molecule is C[C@H](Cc1nc(Cl)nc2c1ncn2[C@@H]1O[C@H](CS(=O)(=O)CP(=O)(O)O)[C@@H](O)[C@H]1O)c1ccccc1. The van der Waals surface area contributed by atoms with Gasteiger partial charge in [-0.1, -0.05) is 37.3 Å². The summed E-state index contributed by atoms with van der Waals surface area (Å²) in [4.78, 5) is 30.8. The summed E-state index contributed by atoms with van der Waals surface area (Å²) in [5.74, 6) is -0.816. The average molecular weight is 547 g/mol. The summed E-state index contributed by atoms with van der Waals surface area (Å²) in [5.41, 5.74) is 0.874. The molecule has 0 bridgehead atoms. The third-order valence-electron chi connectivity index (χ3n) is 5.73. The van der Waals surface area contributed by atoms with Gasteiger partial charge in [-0.25, -0.2) is 18.4 Å². The van der Waals surface area contributed by atoms with E-state index in [2.05, 4.69) is 15.0 Å². The molecule has 0 radical (unpaired) electrons. The van der Waals surface area contributed by atoms with Crippen molar-refractivity contribution >= 4 is 40.2 Å². The number of hydrogen-bond donors (Lipinski definition) is 4. The lowest BCUT2D eigenvalue weighted by Crippen LogP contribution is -2.35. The Balaban J connectivity index is 1.61. The molecule has 5 atom stereocenters. The van der Waals surface area contributed by atoms with Crippen LogP contribution in [-0.4, -0.2) is 77.5 Å². The lowest BCUT2D eigenvalue weighted by molar-refractivity contribution is -0.0292. The summed E-state index contributed by atoms with van der Waals surface area (Å²) in [6.45, 7) is 2.02. The minimum Gasteiger partial charge on any atom is -0.387 e. The highest BCUT2D eigenvalue weighted by Gasteiger charge is 2.46. The Labute approximate surface area is 205 Å². The van der Waals surface area contributed by atoms with Crippen LogP contribution in [0.25, 0.3) is 11.2 Å². The highest BCUT2D eigenvalue weighted by Crippen LogP contribution is 2.38. The van der Waals surface area contributed by atoms with E-state index in [0.29, 0.717) is 17.6 Å².